The fraction of sp³-hybridized carbons (Fsp3) is 0.125. The number of hydrogen-bond donors (Lipinski definition) is 1. The molecule has 0 spiro atoms. The summed E-state index contributed by atoms with van der Waals surface area (Å²) in [5.74, 6) is -0.0708. The van der Waals surface area contributed by atoms with Gasteiger partial charge in [0.05, 0.1) is 21.2 Å². The number of amides is 1. The predicted octanol–water partition coefficient (Wildman–Crippen LogP) is 6.97. The highest BCUT2D eigenvalue weighted by Crippen LogP contribution is 2.37. The van der Waals surface area contributed by atoms with Crippen LogP contribution < -0.4 is 0 Å². The number of carbonyl (C=O) groups excluding carboxylic acids is 1. The number of aliphatic imine (C=N–C) groups is 1. The first-order chi connectivity index (χ1) is 15.9. The molecule has 1 aliphatic rings. The molecule has 2 heterocycles. The molecule has 1 saturated heterocycles. The third kappa shape index (κ3) is 5.16. The second kappa shape index (κ2) is 9.87. The van der Waals surface area contributed by atoms with Crippen molar-refractivity contribution in [3.63, 3.8) is 0 Å². The van der Waals surface area contributed by atoms with Gasteiger partial charge in [-0.15, -0.1) is 0 Å². The molecule has 0 radical (unpaired) electrons. The maximum absolute atomic E-state index is 13.0. The van der Waals surface area contributed by atoms with Gasteiger partial charge in [0.15, 0.2) is 5.17 Å². The molecule has 1 amide bonds. The van der Waals surface area contributed by atoms with Gasteiger partial charge >= 0.3 is 5.97 Å². The molecule has 9 heteroatoms. The molecule has 168 valence electrons. The number of rotatable bonds is 6. The Kier molecular flexibility index (Phi) is 6.93. The number of thioether (sulfide) groups is 1. The average molecular weight is 501 g/mol. The monoisotopic (exact) mass is 500 g/mol. The number of nitrogens with zero attached hydrogens (tertiary/aromatic N) is 2. The van der Waals surface area contributed by atoms with Crippen LogP contribution in [-0.4, -0.2) is 33.6 Å². The Morgan fingerprint density at radius 2 is 1.91 bits per heavy atom. The Hall–Kier alpha value is -3.00. The Morgan fingerprint density at radius 1 is 1.15 bits per heavy atom. The van der Waals surface area contributed by atoms with E-state index < -0.39 is 5.97 Å². The topological polar surface area (TPSA) is 83.1 Å². The van der Waals surface area contributed by atoms with Crippen LogP contribution in [0.15, 0.2) is 68.9 Å². The molecule has 33 heavy (non-hydrogen) atoms. The van der Waals surface area contributed by atoms with E-state index in [9.17, 15) is 9.59 Å². The molecule has 0 aliphatic carbocycles. The number of amidine groups is 1. The van der Waals surface area contributed by atoms with Gasteiger partial charge in [-0.3, -0.25) is 9.69 Å². The van der Waals surface area contributed by atoms with E-state index in [0.29, 0.717) is 43.9 Å². The lowest BCUT2D eigenvalue weighted by Crippen LogP contribution is -2.29. The molecular weight excluding hydrogens is 483 g/mol. The van der Waals surface area contributed by atoms with Gasteiger partial charge in [-0.2, -0.15) is 0 Å². The Morgan fingerprint density at radius 3 is 2.58 bits per heavy atom. The average Bonchev–Trinajstić information content (AvgIpc) is 3.36. The SMILES string of the molecule is CCCN1C(=O)/C(=C/c2ccc(-c3ccc(C(=O)O)cc3)o2)SC1=Nc1ccc(Cl)cc1Cl. The summed E-state index contributed by atoms with van der Waals surface area (Å²) in [6.07, 6.45) is 2.45. The molecule has 1 fully saturated rings. The number of hydrogen-bond acceptors (Lipinski definition) is 5. The zero-order valence-corrected chi connectivity index (χ0v) is 19.7. The second-order valence-electron chi connectivity index (χ2n) is 7.14. The second-order valence-corrected chi connectivity index (χ2v) is 8.99. The van der Waals surface area contributed by atoms with Gasteiger partial charge in [-0.05, 0) is 60.6 Å². The number of carboxylic acids is 1. The van der Waals surface area contributed by atoms with E-state index >= 15 is 0 Å². The van der Waals surface area contributed by atoms with Gasteiger partial charge in [0.2, 0.25) is 0 Å². The van der Waals surface area contributed by atoms with Crippen LogP contribution in [0.4, 0.5) is 5.69 Å². The van der Waals surface area contributed by atoms with Crippen LogP contribution in [0.5, 0.6) is 0 Å². The van der Waals surface area contributed by atoms with Crippen LogP contribution in [-0.2, 0) is 4.79 Å². The molecule has 1 N–H and O–H groups in total. The number of aromatic carboxylic acids is 1. The minimum atomic E-state index is -0.989. The van der Waals surface area contributed by atoms with E-state index in [1.807, 2.05) is 6.92 Å². The van der Waals surface area contributed by atoms with E-state index in [4.69, 9.17) is 32.7 Å². The molecular formula is C24H18Cl2N2O4S. The van der Waals surface area contributed by atoms with Gasteiger partial charge in [-0.1, -0.05) is 42.3 Å². The molecule has 1 aromatic heterocycles. The summed E-state index contributed by atoms with van der Waals surface area (Å²) in [6, 6.07) is 14.9. The van der Waals surface area contributed by atoms with Crippen LogP contribution in [0.2, 0.25) is 10.0 Å². The van der Waals surface area contributed by atoms with Crippen molar-refractivity contribution in [2.45, 2.75) is 13.3 Å². The summed E-state index contributed by atoms with van der Waals surface area (Å²) < 4.78 is 5.88. The summed E-state index contributed by atoms with van der Waals surface area (Å²) in [4.78, 5) is 30.7. The minimum absolute atomic E-state index is 0.158. The summed E-state index contributed by atoms with van der Waals surface area (Å²) in [6.45, 7) is 2.51. The maximum atomic E-state index is 13.0. The largest absolute Gasteiger partial charge is 0.478 e. The highest BCUT2D eigenvalue weighted by atomic mass is 35.5. The molecule has 0 saturated carbocycles. The van der Waals surface area contributed by atoms with E-state index in [-0.39, 0.29) is 11.5 Å². The van der Waals surface area contributed by atoms with Crippen LogP contribution >= 0.6 is 35.0 Å². The number of halogens is 2. The van der Waals surface area contributed by atoms with Crippen molar-refractivity contribution in [2.75, 3.05) is 6.54 Å². The molecule has 6 nitrogen and oxygen atoms in total. The van der Waals surface area contributed by atoms with Crippen LogP contribution in [0, 0.1) is 0 Å². The smallest absolute Gasteiger partial charge is 0.335 e. The van der Waals surface area contributed by atoms with Crippen LogP contribution in [0.25, 0.3) is 17.4 Å². The minimum Gasteiger partial charge on any atom is -0.478 e. The normalized spacial score (nSPS) is 16.2. The van der Waals surface area contributed by atoms with Crippen molar-refractivity contribution in [1.82, 2.24) is 4.90 Å². The first kappa shape index (κ1) is 23.2. The summed E-state index contributed by atoms with van der Waals surface area (Å²) in [5, 5.41) is 10.5. The summed E-state index contributed by atoms with van der Waals surface area (Å²) in [5.41, 5.74) is 1.47. The third-order valence-corrected chi connectivity index (χ3v) is 6.32. The first-order valence-corrected chi connectivity index (χ1v) is 11.6. The van der Waals surface area contributed by atoms with E-state index in [1.54, 1.807) is 53.4 Å². The summed E-state index contributed by atoms with van der Waals surface area (Å²) >= 11 is 13.5. The van der Waals surface area contributed by atoms with Gasteiger partial charge < -0.3 is 9.52 Å². The predicted molar refractivity (Wildman–Crippen MR) is 132 cm³/mol. The van der Waals surface area contributed by atoms with Crippen molar-refractivity contribution < 1.29 is 19.1 Å². The lowest BCUT2D eigenvalue weighted by atomic mass is 10.1. The first-order valence-electron chi connectivity index (χ1n) is 10.0. The maximum Gasteiger partial charge on any atom is 0.335 e. The molecule has 0 unspecified atom stereocenters. The van der Waals surface area contributed by atoms with E-state index in [1.165, 1.54) is 23.9 Å². The van der Waals surface area contributed by atoms with Gasteiger partial charge in [-0.25, -0.2) is 9.79 Å². The van der Waals surface area contributed by atoms with Crippen molar-refractivity contribution in [3.8, 4) is 11.3 Å². The highest BCUT2D eigenvalue weighted by molar-refractivity contribution is 8.18. The Labute approximate surface area is 204 Å². The lowest BCUT2D eigenvalue weighted by Gasteiger charge is -2.14. The Balaban J connectivity index is 1.61. The van der Waals surface area contributed by atoms with Crippen LogP contribution in [0.1, 0.15) is 29.5 Å². The third-order valence-electron chi connectivity index (χ3n) is 4.78. The molecule has 4 rings (SSSR count). The Bertz CT molecular complexity index is 1280. The number of carbonyl (C=O) groups is 2. The van der Waals surface area contributed by atoms with Gasteiger partial charge in [0.25, 0.3) is 5.91 Å². The highest BCUT2D eigenvalue weighted by Gasteiger charge is 2.33. The molecule has 1 aliphatic heterocycles. The fourth-order valence-electron chi connectivity index (χ4n) is 3.18. The van der Waals surface area contributed by atoms with Crippen molar-refractivity contribution in [3.05, 3.63) is 80.9 Å². The molecule has 3 aromatic rings. The lowest BCUT2D eigenvalue weighted by molar-refractivity contribution is -0.122. The number of furan rings is 1. The number of carboxylic acid groups (broad SMARTS) is 1. The molecule has 0 bridgehead atoms. The zero-order chi connectivity index (χ0) is 23.5. The quantitative estimate of drug-likeness (QED) is 0.369. The summed E-state index contributed by atoms with van der Waals surface area (Å²) in [7, 11) is 0. The van der Waals surface area contributed by atoms with E-state index in [0.717, 1.165) is 12.0 Å². The van der Waals surface area contributed by atoms with Crippen LogP contribution in [0.3, 0.4) is 0 Å². The standard InChI is InChI=1S/C24H18Cl2N2O4S/c1-2-11-28-22(29)21(33-24(28)27-19-9-7-16(25)12-18(19)26)13-17-8-10-20(32-17)14-3-5-15(6-4-14)23(30)31/h3-10,12-13H,2,11H2,1H3,(H,30,31)/b21-13-,27-24?. The molecule has 0 atom stereocenters. The van der Waals surface area contributed by atoms with Crippen molar-refractivity contribution in [2.24, 2.45) is 4.99 Å². The zero-order valence-electron chi connectivity index (χ0n) is 17.4. The molecule has 2 aromatic carbocycles. The number of benzene rings is 2. The fourth-order valence-corrected chi connectivity index (χ4v) is 4.63. The van der Waals surface area contributed by atoms with Gasteiger partial charge in [0, 0.05) is 23.2 Å². The van der Waals surface area contributed by atoms with E-state index in [2.05, 4.69) is 4.99 Å². The van der Waals surface area contributed by atoms with Crippen molar-refractivity contribution in [1.29, 1.82) is 0 Å². The van der Waals surface area contributed by atoms with Gasteiger partial charge in [0.1, 0.15) is 11.5 Å². The van der Waals surface area contributed by atoms with Crippen molar-refractivity contribution >= 4 is 63.8 Å².